The van der Waals surface area contributed by atoms with Crippen LogP contribution in [0, 0.1) is 0 Å². The number of amides is 1. The van der Waals surface area contributed by atoms with Crippen LogP contribution in [0.2, 0.25) is 0 Å². The Morgan fingerprint density at radius 2 is 1.60 bits per heavy atom. The molecule has 0 bridgehead atoms. The Hall–Kier alpha value is -2.82. The Balaban J connectivity index is 1.97. The van der Waals surface area contributed by atoms with Gasteiger partial charge < -0.3 is 14.8 Å². The lowest BCUT2D eigenvalue weighted by Gasteiger charge is -2.20. The zero-order valence-electron chi connectivity index (χ0n) is 14.7. The van der Waals surface area contributed by atoms with E-state index in [1.54, 1.807) is 24.3 Å². The summed E-state index contributed by atoms with van der Waals surface area (Å²) in [6.45, 7) is 5.59. The van der Waals surface area contributed by atoms with Gasteiger partial charge in [-0.3, -0.25) is 4.79 Å². The van der Waals surface area contributed by atoms with Crippen molar-refractivity contribution in [2.45, 2.75) is 32.9 Å². The number of carbonyl (C=O) groups excluding carboxylic acids is 2. The average molecular weight is 341 g/mol. The van der Waals surface area contributed by atoms with E-state index in [4.69, 9.17) is 9.47 Å². The number of rotatable bonds is 6. The number of esters is 1. The van der Waals surface area contributed by atoms with Crippen molar-refractivity contribution in [2.24, 2.45) is 0 Å². The maximum atomic E-state index is 12.3. The molecule has 0 unspecified atom stereocenters. The maximum absolute atomic E-state index is 12.3. The number of carbonyl (C=O) groups is 2. The number of para-hydroxylation sites is 1. The fourth-order valence-electron chi connectivity index (χ4n) is 2.16. The summed E-state index contributed by atoms with van der Waals surface area (Å²) in [6, 6.07) is 16.5. The van der Waals surface area contributed by atoms with E-state index in [9.17, 15) is 9.59 Å². The lowest BCUT2D eigenvalue weighted by molar-refractivity contribution is -0.125. The molecule has 0 saturated carbocycles. The molecule has 0 spiro atoms. The normalized spacial score (nSPS) is 10.8. The molecule has 1 amide bonds. The second-order valence-electron chi connectivity index (χ2n) is 6.64. The zero-order valence-corrected chi connectivity index (χ0v) is 14.7. The van der Waals surface area contributed by atoms with Gasteiger partial charge in [0, 0.05) is 5.54 Å². The highest BCUT2D eigenvalue weighted by Gasteiger charge is 2.18. The highest BCUT2D eigenvalue weighted by Crippen LogP contribution is 2.20. The Labute approximate surface area is 148 Å². The molecule has 2 rings (SSSR count). The molecule has 5 nitrogen and oxygen atoms in total. The van der Waals surface area contributed by atoms with E-state index < -0.39 is 5.97 Å². The number of hydrogen-bond acceptors (Lipinski definition) is 4. The molecule has 1 N–H and O–H groups in total. The summed E-state index contributed by atoms with van der Waals surface area (Å²) in [4.78, 5) is 24.0. The Bertz CT molecular complexity index is 720. The number of ether oxygens (including phenoxy) is 2. The first-order valence-electron chi connectivity index (χ1n) is 8.09. The zero-order chi connectivity index (χ0) is 18.3. The van der Waals surface area contributed by atoms with Crippen molar-refractivity contribution in [3.63, 3.8) is 0 Å². The lowest BCUT2D eigenvalue weighted by Crippen LogP contribution is -2.42. The predicted octanol–water partition coefficient (Wildman–Crippen LogP) is 3.34. The monoisotopic (exact) mass is 341 g/mol. The molecule has 132 valence electrons. The van der Waals surface area contributed by atoms with Crippen molar-refractivity contribution < 1.29 is 19.1 Å². The Morgan fingerprint density at radius 3 is 2.28 bits per heavy atom. The van der Waals surface area contributed by atoms with Crippen LogP contribution >= 0.6 is 0 Å². The molecular weight excluding hydrogens is 318 g/mol. The van der Waals surface area contributed by atoms with Crippen molar-refractivity contribution in [3.05, 3.63) is 65.7 Å². The quantitative estimate of drug-likeness (QED) is 0.819. The SMILES string of the molecule is CC(C)(C)NC(=O)COC(=O)c1ccccc1OCc1ccccc1. The van der Waals surface area contributed by atoms with Crippen molar-refractivity contribution >= 4 is 11.9 Å². The third-order valence-electron chi connectivity index (χ3n) is 3.19. The van der Waals surface area contributed by atoms with Crippen LogP contribution in [0.5, 0.6) is 5.75 Å². The van der Waals surface area contributed by atoms with Gasteiger partial charge in [0.25, 0.3) is 5.91 Å². The smallest absolute Gasteiger partial charge is 0.342 e. The molecule has 0 atom stereocenters. The summed E-state index contributed by atoms with van der Waals surface area (Å²) in [7, 11) is 0. The van der Waals surface area contributed by atoms with E-state index in [1.807, 2.05) is 51.1 Å². The van der Waals surface area contributed by atoms with Crippen molar-refractivity contribution in [2.75, 3.05) is 6.61 Å². The Kier molecular flexibility index (Phi) is 6.17. The summed E-state index contributed by atoms with van der Waals surface area (Å²) >= 11 is 0. The van der Waals surface area contributed by atoms with Crippen LogP contribution in [-0.4, -0.2) is 24.0 Å². The third-order valence-corrected chi connectivity index (χ3v) is 3.19. The van der Waals surface area contributed by atoms with Crippen LogP contribution < -0.4 is 10.1 Å². The predicted molar refractivity (Wildman–Crippen MR) is 95.4 cm³/mol. The number of nitrogens with one attached hydrogen (secondary N) is 1. The summed E-state index contributed by atoms with van der Waals surface area (Å²) < 4.78 is 10.8. The third kappa shape index (κ3) is 6.30. The molecule has 2 aromatic carbocycles. The van der Waals surface area contributed by atoms with E-state index in [1.165, 1.54) is 0 Å². The van der Waals surface area contributed by atoms with Crippen molar-refractivity contribution in [3.8, 4) is 5.75 Å². The number of hydrogen-bond donors (Lipinski definition) is 1. The first-order valence-corrected chi connectivity index (χ1v) is 8.09. The van der Waals surface area contributed by atoms with Crippen LogP contribution in [0.4, 0.5) is 0 Å². The first kappa shape index (κ1) is 18.5. The minimum Gasteiger partial charge on any atom is -0.488 e. The molecule has 0 aliphatic rings. The minimum absolute atomic E-state index is 0.294. The van der Waals surface area contributed by atoms with E-state index >= 15 is 0 Å². The summed E-state index contributed by atoms with van der Waals surface area (Å²) in [5, 5.41) is 2.74. The van der Waals surface area contributed by atoms with Crippen LogP contribution in [0.3, 0.4) is 0 Å². The van der Waals surface area contributed by atoms with Gasteiger partial charge in [0.1, 0.15) is 17.9 Å². The number of benzene rings is 2. The first-order chi connectivity index (χ1) is 11.8. The van der Waals surface area contributed by atoms with Gasteiger partial charge in [0.05, 0.1) is 0 Å². The van der Waals surface area contributed by atoms with E-state index in [0.717, 1.165) is 5.56 Å². The fraction of sp³-hybridized carbons (Fsp3) is 0.300. The standard InChI is InChI=1S/C20H23NO4/c1-20(2,3)21-18(22)14-25-19(23)16-11-7-8-12-17(16)24-13-15-9-5-4-6-10-15/h4-12H,13-14H2,1-3H3,(H,21,22). The lowest BCUT2D eigenvalue weighted by atomic mass is 10.1. The fourth-order valence-corrected chi connectivity index (χ4v) is 2.16. The maximum Gasteiger partial charge on any atom is 0.342 e. The van der Waals surface area contributed by atoms with E-state index in [-0.39, 0.29) is 18.1 Å². The van der Waals surface area contributed by atoms with Gasteiger partial charge in [-0.2, -0.15) is 0 Å². The molecule has 0 aliphatic heterocycles. The second-order valence-corrected chi connectivity index (χ2v) is 6.64. The van der Waals surface area contributed by atoms with Crippen LogP contribution in [0.15, 0.2) is 54.6 Å². The van der Waals surface area contributed by atoms with E-state index in [2.05, 4.69) is 5.32 Å². The summed E-state index contributed by atoms with van der Waals surface area (Å²) in [5.74, 6) is -0.510. The summed E-state index contributed by atoms with van der Waals surface area (Å²) in [5.41, 5.74) is 0.914. The largest absolute Gasteiger partial charge is 0.488 e. The van der Waals surface area contributed by atoms with Crippen molar-refractivity contribution in [1.29, 1.82) is 0 Å². The molecule has 0 heterocycles. The van der Waals surface area contributed by atoms with Gasteiger partial charge in [-0.25, -0.2) is 4.79 Å². The van der Waals surface area contributed by atoms with Gasteiger partial charge in [0.15, 0.2) is 6.61 Å². The van der Waals surface area contributed by atoms with Crippen LogP contribution in [0.25, 0.3) is 0 Å². The highest BCUT2D eigenvalue weighted by atomic mass is 16.5. The molecule has 5 heteroatoms. The summed E-state index contributed by atoms with van der Waals surface area (Å²) in [6.07, 6.45) is 0. The molecule has 25 heavy (non-hydrogen) atoms. The van der Waals surface area contributed by atoms with Gasteiger partial charge in [-0.15, -0.1) is 0 Å². The molecule has 0 radical (unpaired) electrons. The minimum atomic E-state index is -0.590. The van der Waals surface area contributed by atoms with E-state index in [0.29, 0.717) is 17.9 Å². The molecule has 0 fully saturated rings. The van der Waals surface area contributed by atoms with Gasteiger partial charge in [-0.1, -0.05) is 42.5 Å². The average Bonchev–Trinajstić information content (AvgIpc) is 2.57. The Morgan fingerprint density at radius 1 is 0.960 bits per heavy atom. The molecule has 0 aliphatic carbocycles. The van der Waals surface area contributed by atoms with Crippen molar-refractivity contribution in [1.82, 2.24) is 5.32 Å². The molecule has 0 aromatic heterocycles. The van der Waals surface area contributed by atoms with Crippen LogP contribution in [0.1, 0.15) is 36.7 Å². The van der Waals surface area contributed by atoms with Gasteiger partial charge in [-0.05, 0) is 38.5 Å². The topological polar surface area (TPSA) is 64.6 Å². The molecule has 2 aromatic rings. The highest BCUT2D eigenvalue weighted by molar-refractivity contribution is 5.94. The van der Waals surface area contributed by atoms with Gasteiger partial charge >= 0.3 is 5.97 Å². The second kappa shape index (κ2) is 8.33. The van der Waals surface area contributed by atoms with Crippen LogP contribution in [-0.2, 0) is 16.1 Å². The molecule has 0 saturated heterocycles. The van der Waals surface area contributed by atoms with Gasteiger partial charge in [0.2, 0.25) is 0 Å². The molecular formula is C20H23NO4.